The predicted octanol–water partition coefficient (Wildman–Crippen LogP) is 2.34. The molecule has 3 aromatic rings. The van der Waals surface area contributed by atoms with Crippen LogP contribution in [-0.2, 0) is 0 Å². The zero-order valence-corrected chi connectivity index (χ0v) is 13.0. The molecule has 0 aliphatic carbocycles. The van der Waals surface area contributed by atoms with E-state index in [0.29, 0.717) is 36.7 Å². The molecule has 1 aromatic carbocycles. The van der Waals surface area contributed by atoms with Crippen LogP contribution in [0.1, 0.15) is 16.9 Å². The van der Waals surface area contributed by atoms with Crippen LogP contribution in [0.3, 0.4) is 0 Å². The molecule has 1 N–H and O–H groups in total. The molecule has 1 aliphatic heterocycles. The maximum Gasteiger partial charge on any atom is 0.272 e. The highest BCUT2D eigenvalue weighted by Crippen LogP contribution is 2.24. The number of aliphatic hydroxyl groups excluding tert-OH is 1. The fraction of sp³-hybridized carbons (Fsp3) is 0.222. The molecule has 1 amide bonds. The lowest BCUT2D eigenvalue weighted by Crippen LogP contribution is -2.31. The maximum atomic E-state index is 12.9. The molecule has 3 heterocycles. The monoisotopic (exact) mass is 323 g/mol. The smallest absolute Gasteiger partial charge is 0.272 e. The minimum Gasteiger partial charge on any atom is -0.463 e. The van der Waals surface area contributed by atoms with Gasteiger partial charge in [-0.25, -0.2) is 4.68 Å². The van der Waals surface area contributed by atoms with E-state index >= 15 is 0 Å². The van der Waals surface area contributed by atoms with Crippen LogP contribution in [0.2, 0.25) is 0 Å². The van der Waals surface area contributed by atoms with E-state index in [1.807, 2.05) is 36.4 Å². The standard InChI is InChI=1S/C18H17N3O3/c22-14-8-9-20(12-14)18(23)16-11-15(17-7-4-10-24-17)19-21(16)13-5-2-1-3-6-13/h1-7,10-11,14,22H,8-9,12H2/t14-/m1/s1. The fourth-order valence-electron chi connectivity index (χ4n) is 2.93. The first kappa shape index (κ1) is 14.7. The van der Waals surface area contributed by atoms with Crippen LogP contribution >= 0.6 is 0 Å². The van der Waals surface area contributed by atoms with Crippen molar-refractivity contribution in [2.45, 2.75) is 12.5 Å². The van der Waals surface area contributed by atoms with Gasteiger partial charge in [0.25, 0.3) is 5.91 Å². The Bertz CT molecular complexity index is 840. The van der Waals surface area contributed by atoms with Crippen LogP contribution in [0, 0.1) is 0 Å². The second-order valence-electron chi connectivity index (χ2n) is 5.83. The molecule has 1 saturated heterocycles. The lowest BCUT2D eigenvalue weighted by molar-refractivity contribution is 0.0756. The summed E-state index contributed by atoms with van der Waals surface area (Å²) in [4.78, 5) is 14.6. The molecule has 24 heavy (non-hydrogen) atoms. The van der Waals surface area contributed by atoms with Gasteiger partial charge in [0.1, 0.15) is 11.4 Å². The molecule has 4 rings (SSSR count). The Morgan fingerprint density at radius 3 is 2.71 bits per heavy atom. The lowest BCUT2D eigenvalue weighted by atomic mass is 10.2. The lowest BCUT2D eigenvalue weighted by Gasteiger charge is -2.16. The average Bonchev–Trinajstić information content (AvgIpc) is 3.35. The Hall–Kier alpha value is -2.86. The van der Waals surface area contributed by atoms with Crippen molar-refractivity contribution in [1.82, 2.24) is 14.7 Å². The van der Waals surface area contributed by atoms with Gasteiger partial charge >= 0.3 is 0 Å². The number of benzene rings is 1. The minimum absolute atomic E-state index is 0.138. The Labute approximate surface area is 138 Å². The molecule has 1 atom stereocenters. The fourth-order valence-corrected chi connectivity index (χ4v) is 2.93. The average molecular weight is 323 g/mol. The molecule has 0 bridgehead atoms. The zero-order chi connectivity index (χ0) is 16.5. The van der Waals surface area contributed by atoms with Crippen molar-refractivity contribution in [2.24, 2.45) is 0 Å². The summed E-state index contributed by atoms with van der Waals surface area (Å²) < 4.78 is 7.04. The molecule has 1 aliphatic rings. The predicted molar refractivity (Wildman–Crippen MR) is 87.8 cm³/mol. The molecule has 2 aromatic heterocycles. The van der Waals surface area contributed by atoms with Crippen molar-refractivity contribution in [3.63, 3.8) is 0 Å². The van der Waals surface area contributed by atoms with Crippen LogP contribution in [0.25, 0.3) is 17.1 Å². The largest absolute Gasteiger partial charge is 0.463 e. The van der Waals surface area contributed by atoms with E-state index in [1.165, 1.54) is 0 Å². The van der Waals surface area contributed by atoms with Gasteiger partial charge in [-0.15, -0.1) is 0 Å². The number of β-amino-alcohol motifs (C(OH)–C–C–N with tert-alkyl or cyclic N) is 1. The van der Waals surface area contributed by atoms with E-state index in [9.17, 15) is 9.90 Å². The Morgan fingerprint density at radius 1 is 1.21 bits per heavy atom. The van der Waals surface area contributed by atoms with E-state index in [2.05, 4.69) is 5.10 Å². The van der Waals surface area contributed by atoms with Crippen molar-refractivity contribution in [1.29, 1.82) is 0 Å². The van der Waals surface area contributed by atoms with Crippen LogP contribution < -0.4 is 0 Å². The summed E-state index contributed by atoms with van der Waals surface area (Å²) in [5, 5.41) is 14.3. The SMILES string of the molecule is O=C(c1cc(-c2ccco2)nn1-c1ccccc1)N1CC[C@@H](O)C1. The third-order valence-electron chi connectivity index (χ3n) is 4.15. The van der Waals surface area contributed by atoms with Crippen LogP contribution in [0.15, 0.2) is 59.2 Å². The van der Waals surface area contributed by atoms with Crippen LogP contribution in [0.4, 0.5) is 0 Å². The number of amides is 1. The number of furan rings is 1. The van der Waals surface area contributed by atoms with Crippen molar-refractivity contribution < 1.29 is 14.3 Å². The molecule has 1 fully saturated rings. The van der Waals surface area contributed by atoms with Gasteiger partial charge in [0.15, 0.2) is 5.76 Å². The highest BCUT2D eigenvalue weighted by molar-refractivity contribution is 5.94. The van der Waals surface area contributed by atoms with E-state index in [-0.39, 0.29) is 5.91 Å². The summed E-state index contributed by atoms with van der Waals surface area (Å²) in [6.45, 7) is 0.908. The van der Waals surface area contributed by atoms with Gasteiger partial charge in [0.2, 0.25) is 0 Å². The third kappa shape index (κ3) is 2.61. The zero-order valence-electron chi connectivity index (χ0n) is 13.0. The molecule has 122 valence electrons. The van der Waals surface area contributed by atoms with Gasteiger partial charge in [0, 0.05) is 19.2 Å². The maximum absolute atomic E-state index is 12.9. The molecule has 6 nitrogen and oxygen atoms in total. The summed E-state index contributed by atoms with van der Waals surface area (Å²) in [6.07, 6.45) is 1.73. The van der Waals surface area contributed by atoms with Crippen LogP contribution in [-0.4, -0.2) is 44.9 Å². The first-order valence-corrected chi connectivity index (χ1v) is 7.89. The topological polar surface area (TPSA) is 71.5 Å². The van der Waals surface area contributed by atoms with Crippen molar-refractivity contribution in [3.8, 4) is 17.1 Å². The number of hydrogen-bond donors (Lipinski definition) is 1. The second-order valence-corrected chi connectivity index (χ2v) is 5.83. The van der Waals surface area contributed by atoms with Gasteiger partial charge in [-0.05, 0) is 30.7 Å². The van der Waals surface area contributed by atoms with Crippen molar-refractivity contribution in [2.75, 3.05) is 13.1 Å². The molecular weight excluding hydrogens is 306 g/mol. The number of carbonyl (C=O) groups is 1. The minimum atomic E-state index is -0.452. The number of para-hydroxylation sites is 1. The van der Waals surface area contributed by atoms with Gasteiger partial charge in [-0.3, -0.25) is 4.79 Å². The summed E-state index contributed by atoms with van der Waals surface area (Å²) in [7, 11) is 0. The number of hydrogen-bond acceptors (Lipinski definition) is 4. The Kier molecular flexibility index (Phi) is 3.66. The first-order chi connectivity index (χ1) is 11.7. The van der Waals surface area contributed by atoms with Gasteiger partial charge < -0.3 is 14.4 Å². The van der Waals surface area contributed by atoms with E-state index < -0.39 is 6.10 Å². The molecule has 0 saturated carbocycles. The molecule has 6 heteroatoms. The summed E-state index contributed by atoms with van der Waals surface area (Å²) >= 11 is 0. The normalized spacial score (nSPS) is 17.4. The van der Waals surface area contributed by atoms with Gasteiger partial charge in [-0.2, -0.15) is 5.10 Å². The molecular formula is C18H17N3O3. The van der Waals surface area contributed by atoms with Gasteiger partial charge in [-0.1, -0.05) is 18.2 Å². The van der Waals surface area contributed by atoms with Crippen molar-refractivity contribution in [3.05, 3.63) is 60.5 Å². The number of aromatic nitrogens is 2. The Morgan fingerprint density at radius 2 is 2.04 bits per heavy atom. The summed E-state index contributed by atoms with van der Waals surface area (Å²) in [6, 6.07) is 14.8. The quantitative estimate of drug-likeness (QED) is 0.803. The highest BCUT2D eigenvalue weighted by Gasteiger charge is 2.29. The van der Waals surface area contributed by atoms with Crippen molar-refractivity contribution >= 4 is 5.91 Å². The number of likely N-dealkylation sites (tertiary alicyclic amines) is 1. The first-order valence-electron chi connectivity index (χ1n) is 7.89. The highest BCUT2D eigenvalue weighted by atomic mass is 16.3. The Balaban J connectivity index is 1.78. The van der Waals surface area contributed by atoms with E-state index in [0.717, 1.165) is 5.69 Å². The van der Waals surface area contributed by atoms with Crippen LogP contribution in [0.5, 0.6) is 0 Å². The third-order valence-corrected chi connectivity index (χ3v) is 4.15. The van der Waals surface area contributed by atoms with E-state index in [1.54, 1.807) is 28.0 Å². The van der Waals surface area contributed by atoms with E-state index in [4.69, 9.17) is 4.42 Å². The summed E-state index contributed by atoms with van der Waals surface area (Å²) in [5.41, 5.74) is 1.87. The second kappa shape index (κ2) is 5.98. The molecule has 0 radical (unpaired) electrons. The molecule has 0 unspecified atom stereocenters. The number of nitrogens with zero attached hydrogens (tertiary/aromatic N) is 3. The molecule has 0 spiro atoms. The van der Waals surface area contributed by atoms with Gasteiger partial charge in [0.05, 0.1) is 18.1 Å². The number of carbonyl (C=O) groups excluding carboxylic acids is 1. The number of rotatable bonds is 3. The summed E-state index contributed by atoms with van der Waals surface area (Å²) in [5.74, 6) is 0.473. The number of aliphatic hydroxyl groups is 1.